The van der Waals surface area contributed by atoms with Gasteiger partial charge >= 0.3 is 6.18 Å². The molecule has 0 bridgehead atoms. The van der Waals surface area contributed by atoms with Crippen molar-refractivity contribution in [2.75, 3.05) is 0 Å². The van der Waals surface area contributed by atoms with Gasteiger partial charge < -0.3 is 5.11 Å². The Morgan fingerprint density at radius 2 is 1.89 bits per heavy atom. The van der Waals surface area contributed by atoms with E-state index in [1.54, 1.807) is 24.3 Å². The number of halogens is 4. The fourth-order valence-corrected chi connectivity index (χ4v) is 1.76. The number of hydrogen-bond donors (Lipinski definition) is 1. The van der Waals surface area contributed by atoms with Crippen LogP contribution in [0.5, 0.6) is 0 Å². The average molecular weight is 277 g/mol. The molecule has 0 amide bonds. The second kappa shape index (κ2) is 4.70. The number of fused-ring (bicyclic) bond motifs is 1. The second-order valence-electron chi connectivity index (χ2n) is 3.74. The van der Waals surface area contributed by atoms with Gasteiger partial charge in [-0.05, 0) is 6.07 Å². The summed E-state index contributed by atoms with van der Waals surface area (Å²) in [6.45, 7) is 0. The first-order valence-corrected chi connectivity index (χ1v) is 5.42. The summed E-state index contributed by atoms with van der Waals surface area (Å²) in [5.41, 5.74) is 0.424. The number of aliphatic hydroxyl groups is 1. The molecule has 0 saturated carbocycles. The molecule has 3 nitrogen and oxygen atoms in total. The van der Waals surface area contributed by atoms with Gasteiger partial charge in [0, 0.05) is 11.8 Å². The minimum Gasteiger partial charge on any atom is -0.383 e. The fourth-order valence-electron chi connectivity index (χ4n) is 1.49. The maximum Gasteiger partial charge on any atom is 0.414 e. The third kappa shape index (κ3) is 2.54. The maximum absolute atomic E-state index is 12.2. The highest BCUT2D eigenvalue weighted by molar-refractivity contribution is 6.35. The SMILES string of the molecule is OC(Cc1nnc2ccccc2c1Cl)C(F)(F)F. The van der Waals surface area contributed by atoms with Crippen molar-refractivity contribution in [3.8, 4) is 0 Å². The van der Waals surface area contributed by atoms with Gasteiger partial charge in [-0.1, -0.05) is 29.8 Å². The summed E-state index contributed by atoms with van der Waals surface area (Å²) < 4.78 is 36.7. The normalized spacial score (nSPS) is 13.8. The predicted octanol–water partition coefficient (Wildman–Crippen LogP) is 2.75. The van der Waals surface area contributed by atoms with E-state index >= 15 is 0 Å². The van der Waals surface area contributed by atoms with E-state index in [0.29, 0.717) is 10.9 Å². The van der Waals surface area contributed by atoms with Crippen LogP contribution in [-0.2, 0) is 6.42 Å². The van der Waals surface area contributed by atoms with E-state index in [-0.39, 0.29) is 10.7 Å². The third-order valence-electron chi connectivity index (χ3n) is 2.44. The number of rotatable bonds is 2. The van der Waals surface area contributed by atoms with E-state index in [2.05, 4.69) is 10.2 Å². The number of nitrogens with zero attached hydrogens (tertiary/aromatic N) is 2. The summed E-state index contributed by atoms with van der Waals surface area (Å²) in [6, 6.07) is 6.70. The van der Waals surface area contributed by atoms with Gasteiger partial charge in [0.1, 0.15) is 0 Å². The summed E-state index contributed by atoms with van der Waals surface area (Å²) in [6.07, 6.45) is -7.90. The van der Waals surface area contributed by atoms with Gasteiger partial charge in [0.15, 0.2) is 6.10 Å². The first-order valence-electron chi connectivity index (χ1n) is 5.04. The smallest absolute Gasteiger partial charge is 0.383 e. The zero-order valence-electron chi connectivity index (χ0n) is 8.95. The van der Waals surface area contributed by atoms with Gasteiger partial charge in [0.05, 0.1) is 16.2 Å². The molecular weight excluding hydrogens is 269 g/mol. The van der Waals surface area contributed by atoms with Crippen molar-refractivity contribution < 1.29 is 18.3 Å². The molecule has 18 heavy (non-hydrogen) atoms. The number of alkyl halides is 3. The van der Waals surface area contributed by atoms with Crippen LogP contribution in [0.1, 0.15) is 5.69 Å². The standard InChI is InChI=1S/C11H8ClF3N2O/c12-10-6-3-1-2-4-7(6)16-17-8(10)5-9(18)11(13,14)15/h1-4,9,18H,5H2. The van der Waals surface area contributed by atoms with Crippen LogP contribution in [0.4, 0.5) is 13.2 Å². The molecule has 2 aromatic rings. The van der Waals surface area contributed by atoms with Gasteiger partial charge in [0.2, 0.25) is 0 Å². The van der Waals surface area contributed by atoms with Crippen molar-refractivity contribution in [3.63, 3.8) is 0 Å². The Morgan fingerprint density at radius 1 is 1.22 bits per heavy atom. The average Bonchev–Trinajstić information content (AvgIpc) is 2.32. The molecule has 1 aromatic heterocycles. The minimum absolute atomic E-state index is 0.0693. The molecule has 1 N–H and O–H groups in total. The fraction of sp³-hybridized carbons (Fsp3) is 0.273. The Balaban J connectivity index is 2.38. The quantitative estimate of drug-likeness (QED) is 0.917. The Bertz CT molecular complexity index is 574. The summed E-state index contributed by atoms with van der Waals surface area (Å²) in [5, 5.41) is 17.0. The van der Waals surface area contributed by atoms with Crippen molar-refractivity contribution in [1.82, 2.24) is 10.2 Å². The molecular formula is C11H8ClF3N2O. The predicted molar refractivity (Wildman–Crippen MR) is 60.3 cm³/mol. The molecule has 96 valence electrons. The van der Waals surface area contributed by atoms with Crippen LogP contribution in [0, 0.1) is 0 Å². The lowest BCUT2D eigenvalue weighted by atomic mass is 10.1. The summed E-state index contributed by atoms with van der Waals surface area (Å²) in [4.78, 5) is 0. The monoisotopic (exact) mass is 276 g/mol. The van der Waals surface area contributed by atoms with E-state index < -0.39 is 18.7 Å². The second-order valence-corrected chi connectivity index (χ2v) is 4.12. The van der Waals surface area contributed by atoms with E-state index in [1.807, 2.05) is 0 Å². The first kappa shape index (κ1) is 13.0. The van der Waals surface area contributed by atoms with E-state index in [4.69, 9.17) is 16.7 Å². The maximum atomic E-state index is 12.2. The van der Waals surface area contributed by atoms with Gasteiger partial charge in [-0.2, -0.15) is 23.4 Å². The van der Waals surface area contributed by atoms with Crippen LogP contribution in [0.25, 0.3) is 10.9 Å². The van der Waals surface area contributed by atoms with Gasteiger partial charge in [-0.15, -0.1) is 0 Å². The Kier molecular flexibility index (Phi) is 3.41. The highest BCUT2D eigenvalue weighted by atomic mass is 35.5. The third-order valence-corrected chi connectivity index (χ3v) is 2.86. The first-order chi connectivity index (χ1) is 8.39. The van der Waals surface area contributed by atoms with Crippen LogP contribution < -0.4 is 0 Å². The zero-order valence-corrected chi connectivity index (χ0v) is 9.70. The highest BCUT2D eigenvalue weighted by Crippen LogP contribution is 2.28. The van der Waals surface area contributed by atoms with Crippen LogP contribution in [-0.4, -0.2) is 27.6 Å². The zero-order chi connectivity index (χ0) is 13.3. The summed E-state index contributed by atoms with van der Waals surface area (Å²) >= 11 is 5.95. The Labute approximate surface area is 105 Å². The van der Waals surface area contributed by atoms with E-state index in [0.717, 1.165) is 0 Å². The Morgan fingerprint density at radius 3 is 2.56 bits per heavy atom. The summed E-state index contributed by atoms with van der Waals surface area (Å²) in [7, 11) is 0. The number of hydrogen-bond acceptors (Lipinski definition) is 3. The largest absolute Gasteiger partial charge is 0.414 e. The number of aromatic nitrogens is 2. The molecule has 0 aliphatic rings. The van der Waals surface area contributed by atoms with Crippen LogP contribution >= 0.6 is 11.6 Å². The van der Waals surface area contributed by atoms with E-state index in [9.17, 15) is 13.2 Å². The number of aliphatic hydroxyl groups excluding tert-OH is 1. The molecule has 0 saturated heterocycles. The lowest BCUT2D eigenvalue weighted by Gasteiger charge is -2.14. The van der Waals surface area contributed by atoms with Crippen molar-refractivity contribution in [2.45, 2.75) is 18.7 Å². The molecule has 1 unspecified atom stereocenters. The van der Waals surface area contributed by atoms with Gasteiger partial charge in [-0.3, -0.25) is 0 Å². The highest BCUT2D eigenvalue weighted by Gasteiger charge is 2.38. The van der Waals surface area contributed by atoms with Crippen molar-refractivity contribution in [3.05, 3.63) is 35.0 Å². The van der Waals surface area contributed by atoms with Crippen molar-refractivity contribution >= 4 is 22.5 Å². The molecule has 2 rings (SSSR count). The topological polar surface area (TPSA) is 46.0 Å². The molecule has 1 atom stereocenters. The Hall–Kier alpha value is -1.40. The lowest BCUT2D eigenvalue weighted by molar-refractivity contribution is -0.203. The molecule has 0 radical (unpaired) electrons. The summed E-state index contributed by atoms with van der Waals surface area (Å²) in [5.74, 6) is 0. The molecule has 0 aliphatic carbocycles. The molecule has 0 aliphatic heterocycles. The van der Waals surface area contributed by atoms with Gasteiger partial charge in [0.25, 0.3) is 0 Å². The molecule has 0 fully saturated rings. The van der Waals surface area contributed by atoms with Crippen LogP contribution in [0.2, 0.25) is 5.02 Å². The van der Waals surface area contributed by atoms with Gasteiger partial charge in [-0.25, -0.2) is 0 Å². The number of benzene rings is 1. The van der Waals surface area contributed by atoms with Crippen molar-refractivity contribution in [1.29, 1.82) is 0 Å². The van der Waals surface area contributed by atoms with Crippen LogP contribution in [0.3, 0.4) is 0 Å². The molecule has 7 heteroatoms. The molecule has 1 aromatic carbocycles. The van der Waals surface area contributed by atoms with Crippen molar-refractivity contribution in [2.24, 2.45) is 0 Å². The molecule has 1 heterocycles. The molecule has 0 spiro atoms. The van der Waals surface area contributed by atoms with E-state index in [1.165, 1.54) is 0 Å². The minimum atomic E-state index is -4.70. The van der Waals surface area contributed by atoms with Crippen LogP contribution in [0.15, 0.2) is 24.3 Å². The lowest BCUT2D eigenvalue weighted by Crippen LogP contribution is -2.31.